The van der Waals surface area contributed by atoms with Gasteiger partial charge < -0.3 is 10.2 Å². The molecule has 0 atom stereocenters. The van der Waals surface area contributed by atoms with Gasteiger partial charge in [-0.05, 0) is 6.08 Å². The number of carboxylic acid groups (broad SMARTS) is 2. The molecule has 1 rings (SSSR count). The van der Waals surface area contributed by atoms with Crippen molar-refractivity contribution < 1.29 is 19.8 Å². The predicted octanol–water partition coefficient (Wildman–Crippen LogP) is 0.334. The average Bonchev–Trinajstić information content (AvgIpc) is 2.47. The van der Waals surface area contributed by atoms with Crippen LogP contribution in [0.1, 0.15) is 16.2 Å². The second-order valence-corrected chi connectivity index (χ2v) is 2.50. The van der Waals surface area contributed by atoms with E-state index in [1.807, 2.05) is 0 Å². The SMILES string of the molecule is O=C(O)/C=C/c1nsnc1C(=O)O. The molecule has 0 aromatic carbocycles. The Hall–Kier alpha value is -1.76. The molecule has 0 aliphatic heterocycles. The standard InChI is InChI=1S/C6H4N2O4S/c9-4(10)2-1-3-5(6(11)12)8-13-7-3/h1-2H,(H,9,10)(H,11,12)/b2-1+. The first-order valence-electron chi connectivity index (χ1n) is 3.08. The fraction of sp³-hybridized carbons (Fsp3) is 0. The summed E-state index contributed by atoms with van der Waals surface area (Å²) < 4.78 is 7.09. The molecule has 1 aromatic heterocycles. The van der Waals surface area contributed by atoms with Crippen LogP contribution in [0.15, 0.2) is 6.08 Å². The summed E-state index contributed by atoms with van der Waals surface area (Å²) in [5.41, 5.74) is -0.178. The molecule has 0 fully saturated rings. The van der Waals surface area contributed by atoms with E-state index in [0.717, 1.165) is 23.9 Å². The maximum atomic E-state index is 10.5. The van der Waals surface area contributed by atoms with E-state index in [9.17, 15) is 9.59 Å². The summed E-state index contributed by atoms with van der Waals surface area (Å²) in [6, 6.07) is 0. The molecule has 13 heavy (non-hydrogen) atoms. The minimum absolute atomic E-state index is 0.0555. The fourth-order valence-corrected chi connectivity index (χ4v) is 1.13. The highest BCUT2D eigenvalue weighted by Crippen LogP contribution is 2.07. The van der Waals surface area contributed by atoms with Crippen molar-refractivity contribution in [3.8, 4) is 0 Å². The lowest BCUT2D eigenvalue weighted by Gasteiger charge is -1.86. The molecule has 68 valence electrons. The van der Waals surface area contributed by atoms with Crippen LogP contribution in [0.3, 0.4) is 0 Å². The summed E-state index contributed by atoms with van der Waals surface area (Å²) in [7, 11) is 0. The Morgan fingerprint density at radius 2 is 2.00 bits per heavy atom. The quantitative estimate of drug-likeness (QED) is 0.682. The third-order valence-electron chi connectivity index (χ3n) is 1.10. The Morgan fingerprint density at radius 1 is 1.31 bits per heavy atom. The van der Waals surface area contributed by atoms with Crippen molar-refractivity contribution in [2.75, 3.05) is 0 Å². The van der Waals surface area contributed by atoms with E-state index in [-0.39, 0.29) is 11.4 Å². The summed E-state index contributed by atoms with van der Waals surface area (Å²) in [4.78, 5) is 20.5. The Balaban J connectivity index is 2.95. The predicted molar refractivity (Wildman–Crippen MR) is 43.5 cm³/mol. The van der Waals surface area contributed by atoms with Crippen LogP contribution < -0.4 is 0 Å². The molecule has 1 heterocycles. The maximum absolute atomic E-state index is 10.5. The first kappa shape index (κ1) is 9.33. The number of aromatic nitrogens is 2. The molecular weight excluding hydrogens is 196 g/mol. The van der Waals surface area contributed by atoms with Gasteiger partial charge in [0.1, 0.15) is 5.69 Å². The topological polar surface area (TPSA) is 100 Å². The summed E-state index contributed by atoms with van der Waals surface area (Å²) in [5, 5.41) is 16.8. The number of aromatic carboxylic acids is 1. The molecule has 0 radical (unpaired) electrons. The van der Waals surface area contributed by atoms with Gasteiger partial charge in [-0.2, -0.15) is 8.75 Å². The van der Waals surface area contributed by atoms with Gasteiger partial charge in [0.2, 0.25) is 0 Å². The Bertz CT molecular complexity index is 370. The van der Waals surface area contributed by atoms with Gasteiger partial charge in [0.15, 0.2) is 5.69 Å². The zero-order valence-electron chi connectivity index (χ0n) is 6.17. The lowest BCUT2D eigenvalue weighted by Crippen LogP contribution is -1.99. The lowest BCUT2D eigenvalue weighted by atomic mass is 10.3. The van der Waals surface area contributed by atoms with Crippen LogP contribution >= 0.6 is 11.7 Å². The fourth-order valence-electron chi connectivity index (χ4n) is 0.603. The number of hydrogen-bond acceptors (Lipinski definition) is 5. The van der Waals surface area contributed by atoms with Gasteiger partial charge in [-0.3, -0.25) is 0 Å². The van der Waals surface area contributed by atoms with E-state index >= 15 is 0 Å². The van der Waals surface area contributed by atoms with E-state index in [0.29, 0.717) is 0 Å². The minimum Gasteiger partial charge on any atom is -0.478 e. The molecule has 1 aromatic rings. The molecule has 2 N–H and O–H groups in total. The summed E-state index contributed by atoms with van der Waals surface area (Å²) >= 11 is 0.721. The highest BCUT2D eigenvalue weighted by atomic mass is 32.1. The maximum Gasteiger partial charge on any atom is 0.357 e. The van der Waals surface area contributed by atoms with Gasteiger partial charge in [0, 0.05) is 6.08 Å². The van der Waals surface area contributed by atoms with Crippen molar-refractivity contribution in [1.82, 2.24) is 8.75 Å². The van der Waals surface area contributed by atoms with Gasteiger partial charge >= 0.3 is 11.9 Å². The zero-order valence-corrected chi connectivity index (χ0v) is 6.98. The smallest absolute Gasteiger partial charge is 0.357 e. The van der Waals surface area contributed by atoms with Crippen molar-refractivity contribution >= 4 is 29.7 Å². The van der Waals surface area contributed by atoms with E-state index in [1.165, 1.54) is 0 Å². The zero-order chi connectivity index (χ0) is 9.84. The highest BCUT2D eigenvalue weighted by Gasteiger charge is 2.12. The van der Waals surface area contributed by atoms with Crippen LogP contribution in [-0.2, 0) is 4.79 Å². The van der Waals surface area contributed by atoms with Crippen LogP contribution in [0.5, 0.6) is 0 Å². The largest absolute Gasteiger partial charge is 0.478 e. The van der Waals surface area contributed by atoms with Crippen LogP contribution in [0.2, 0.25) is 0 Å². The molecule has 0 saturated carbocycles. The minimum atomic E-state index is -1.22. The second-order valence-electron chi connectivity index (χ2n) is 1.97. The first-order chi connectivity index (χ1) is 6.11. The number of rotatable bonds is 3. The molecule has 0 amide bonds. The van der Waals surface area contributed by atoms with E-state index in [1.54, 1.807) is 0 Å². The van der Waals surface area contributed by atoms with Crippen LogP contribution in [0.25, 0.3) is 6.08 Å². The van der Waals surface area contributed by atoms with Gasteiger partial charge in [-0.15, -0.1) is 0 Å². The highest BCUT2D eigenvalue weighted by molar-refractivity contribution is 6.99. The number of carboxylic acids is 2. The summed E-state index contributed by atoms with van der Waals surface area (Å²) in [6.45, 7) is 0. The van der Waals surface area contributed by atoms with E-state index in [4.69, 9.17) is 10.2 Å². The monoisotopic (exact) mass is 200 g/mol. The normalized spacial score (nSPS) is 10.5. The number of hydrogen-bond donors (Lipinski definition) is 2. The number of carbonyl (C=O) groups is 2. The van der Waals surface area contributed by atoms with Crippen LogP contribution in [0.4, 0.5) is 0 Å². The molecule has 0 saturated heterocycles. The average molecular weight is 200 g/mol. The van der Waals surface area contributed by atoms with Crippen molar-refractivity contribution in [1.29, 1.82) is 0 Å². The van der Waals surface area contributed by atoms with Crippen molar-refractivity contribution in [2.45, 2.75) is 0 Å². The molecule has 7 heteroatoms. The van der Waals surface area contributed by atoms with E-state index < -0.39 is 11.9 Å². The van der Waals surface area contributed by atoms with Crippen LogP contribution in [-0.4, -0.2) is 30.9 Å². The number of aliphatic carboxylic acids is 1. The molecule has 0 bridgehead atoms. The Labute approximate surface area is 76.5 Å². The molecule has 0 aliphatic carbocycles. The van der Waals surface area contributed by atoms with Gasteiger partial charge in [0.25, 0.3) is 0 Å². The number of nitrogens with zero attached hydrogens (tertiary/aromatic N) is 2. The summed E-state index contributed by atoms with van der Waals surface area (Å²) in [6.07, 6.45) is 1.90. The van der Waals surface area contributed by atoms with E-state index in [2.05, 4.69) is 8.75 Å². The molecule has 0 aliphatic rings. The van der Waals surface area contributed by atoms with Gasteiger partial charge in [0.05, 0.1) is 11.7 Å². The molecule has 0 unspecified atom stereocenters. The van der Waals surface area contributed by atoms with Crippen molar-refractivity contribution in [2.24, 2.45) is 0 Å². The third-order valence-corrected chi connectivity index (χ3v) is 1.64. The first-order valence-corrected chi connectivity index (χ1v) is 3.81. The van der Waals surface area contributed by atoms with Crippen molar-refractivity contribution in [3.05, 3.63) is 17.5 Å². The lowest BCUT2D eigenvalue weighted by molar-refractivity contribution is -0.131. The Morgan fingerprint density at radius 3 is 2.54 bits per heavy atom. The van der Waals surface area contributed by atoms with Crippen LogP contribution in [0, 0.1) is 0 Å². The molecular formula is C6H4N2O4S. The van der Waals surface area contributed by atoms with Crippen molar-refractivity contribution in [3.63, 3.8) is 0 Å². The second kappa shape index (κ2) is 3.76. The Kier molecular flexibility index (Phi) is 2.70. The van der Waals surface area contributed by atoms with Gasteiger partial charge in [-0.25, -0.2) is 9.59 Å². The summed E-state index contributed by atoms with van der Waals surface area (Å²) in [5.74, 6) is -2.39. The third kappa shape index (κ3) is 2.34. The molecule has 0 spiro atoms. The molecule has 6 nitrogen and oxygen atoms in total. The van der Waals surface area contributed by atoms with Gasteiger partial charge in [-0.1, -0.05) is 0 Å².